The third-order valence-corrected chi connectivity index (χ3v) is 2.85. The van der Waals surface area contributed by atoms with Crippen LogP contribution in [0.3, 0.4) is 0 Å². The maximum atomic E-state index is 11.1. The van der Waals surface area contributed by atoms with Crippen LogP contribution in [0.25, 0.3) is 0 Å². The Labute approximate surface area is 76.5 Å². The van der Waals surface area contributed by atoms with E-state index in [1.54, 1.807) is 10.8 Å². The van der Waals surface area contributed by atoms with Crippen molar-refractivity contribution in [1.29, 1.82) is 0 Å². The highest BCUT2D eigenvalue weighted by molar-refractivity contribution is 8.68. The fourth-order valence-electron chi connectivity index (χ4n) is 1.26. The molecule has 1 aliphatic rings. The van der Waals surface area contributed by atoms with Gasteiger partial charge in [-0.1, -0.05) is 10.8 Å². The lowest BCUT2D eigenvalue weighted by Gasteiger charge is -2.13. The molecule has 64 valence electrons. The summed E-state index contributed by atoms with van der Waals surface area (Å²) in [5, 5.41) is 0. The highest BCUT2D eigenvalue weighted by Gasteiger charge is 2.18. The van der Waals surface area contributed by atoms with Crippen molar-refractivity contribution in [2.45, 2.75) is 19.3 Å². The third kappa shape index (κ3) is 2.95. The zero-order valence-corrected chi connectivity index (χ0v) is 8.16. The number of rotatable bonds is 4. The van der Waals surface area contributed by atoms with E-state index in [0.29, 0.717) is 5.91 Å². The van der Waals surface area contributed by atoms with Gasteiger partial charge in [0, 0.05) is 25.3 Å². The Kier molecular flexibility index (Phi) is 4.15. The van der Waals surface area contributed by atoms with Gasteiger partial charge in [0.15, 0.2) is 0 Å². The number of thiol groups is 1. The Bertz CT molecular complexity index is 140. The number of carbonyl (C=O) groups is 1. The number of amides is 1. The van der Waals surface area contributed by atoms with Crippen molar-refractivity contribution in [3.8, 4) is 0 Å². The molecule has 1 fully saturated rings. The molecule has 1 aliphatic heterocycles. The molecule has 1 rings (SSSR count). The van der Waals surface area contributed by atoms with Crippen LogP contribution >= 0.6 is 22.5 Å². The summed E-state index contributed by atoms with van der Waals surface area (Å²) in [5.74, 6) is 1.36. The fourth-order valence-corrected chi connectivity index (χ4v) is 1.91. The van der Waals surface area contributed by atoms with Gasteiger partial charge in [-0.05, 0) is 12.8 Å². The van der Waals surface area contributed by atoms with Crippen molar-refractivity contribution < 1.29 is 4.79 Å². The first-order valence-corrected chi connectivity index (χ1v) is 5.92. The molecule has 0 aromatic heterocycles. The van der Waals surface area contributed by atoms with E-state index >= 15 is 0 Å². The Morgan fingerprint density at radius 2 is 2.45 bits per heavy atom. The Morgan fingerprint density at radius 3 is 3.00 bits per heavy atom. The molecule has 0 aromatic carbocycles. The first kappa shape index (κ1) is 9.26. The molecule has 0 aromatic rings. The zero-order chi connectivity index (χ0) is 8.10. The van der Waals surface area contributed by atoms with Crippen LogP contribution in [-0.2, 0) is 4.79 Å². The average molecular weight is 191 g/mol. The predicted molar refractivity (Wildman–Crippen MR) is 51.9 cm³/mol. The van der Waals surface area contributed by atoms with Crippen molar-refractivity contribution in [2.24, 2.45) is 0 Å². The molecule has 0 unspecified atom stereocenters. The minimum Gasteiger partial charge on any atom is -0.343 e. The normalized spacial score (nSPS) is 17.9. The highest BCUT2D eigenvalue weighted by atomic mass is 33.1. The smallest absolute Gasteiger partial charge is 0.222 e. The van der Waals surface area contributed by atoms with Crippen molar-refractivity contribution in [1.82, 2.24) is 4.90 Å². The minimum atomic E-state index is 0.328. The molecule has 1 heterocycles. The Hall–Kier alpha value is 0.170. The minimum absolute atomic E-state index is 0.328. The largest absolute Gasteiger partial charge is 0.343 e. The van der Waals surface area contributed by atoms with Gasteiger partial charge in [0.25, 0.3) is 0 Å². The molecule has 0 spiro atoms. The molecule has 1 saturated heterocycles. The van der Waals surface area contributed by atoms with Gasteiger partial charge in [-0.3, -0.25) is 4.79 Å². The Balaban J connectivity index is 2.10. The van der Waals surface area contributed by atoms with Gasteiger partial charge in [0.2, 0.25) is 5.91 Å². The second-order valence-electron chi connectivity index (χ2n) is 2.67. The van der Waals surface area contributed by atoms with E-state index in [1.807, 2.05) is 4.90 Å². The summed E-state index contributed by atoms with van der Waals surface area (Å²) in [6.45, 7) is 1.89. The van der Waals surface area contributed by atoms with Crippen molar-refractivity contribution in [3.05, 3.63) is 0 Å². The van der Waals surface area contributed by atoms with Crippen LogP contribution < -0.4 is 0 Å². The summed E-state index contributed by atoms with van der Waals surface area (Å²) in [7, 11) is 1.54. The monoisotopic (exact) mass is 191 g/mol. The van der Waals surface area contributed by atoms with Crippen LogP contribution in [-0.4, -0.2) is 29.6 Å². The van der Waals surface area contributed by atoms with E-state index in [0.717, 1.165) is 38.1 Å². The molecular weight excluding hydrogens is 178 g/mol. The molecular formula is C7H13NOS2. The molecule has 1 amide bonds. The number of hydrogen-bond donors (Lipinski definition) is 1. The standard InChI is InChI=1S/C7H13NOS2/c9-7-3-1-4-8(7)5-2-6-11-10/h10H,1-6H2. The third-order valence-electron chi connectivity index (χ3n) is 1.84. The van der Waals surface area contributed by atoms with E-state index in [2.05, 4.69) is 11.7 Å². The maximum Gasteiger partial charge on any atom is 0.222 e. The van der Waals surface area contributed by atoms with E-state index in [-0.39, 0.29) is 0 Å². The number of likely N-dealkylation sites (tertiary alicyclic amines) is 1. The van der Waals surface area contributed by atoms with Gasteiger partial charge in [0.05, 0.1) is 0 Å². The van der Waals surface area contributed by atoms with Crippen LogP contribution in [0.1, 0.15) is 19.3 Å². The lowest BCUT2D eigenvalue weighted by Crippen LogP contribution is -2.25. The molecule has 4 heteroatoms. The van der Waals surface area contributed by atoms with Crippen LogP contribution in [0.4, 0.5) is 0 Å². The lowest BCUT2D eigenvalue weighted by molar-refractivity contribution is -0.127. The van der Waals surface area contributed by atoms with Crippen LogP contribution in [0.15, 0.2) is 0 Å². The number of nitrogens with zero attached hydrogens (tertiary/aromatic N) is 1. The van der Waals surface area contributed by atoms with Crippen molar-refractivity contribution in [2.75, 3.05) is 18.8 Å². The summed E-state index contributed by atoms with van der Waals surface area (Å²) >= 11 is 4.03. The summed E-state index contributed by atoms with van der Waals surface area (Å²) in [6.07, 6.45) is 2.88. The van der Waals surface area contributed by atoms with Gasteiger partial charge in [-0.15, -0.1) is 11.7 Å². The second-order valence-corrected chi connectivity index (χ2v) is 4.11. The van der Waals surface area contributed by atoms with Crippen molar-refractivity contribution in [3.63, 3.8) is 0 Å². The van der Waals surface area contributed by atoms with E-state index in [4.69, 9.17) is 0 Å². The van der Waals surface area contributed by atoms with Crippen LogP contribution in [0.2, 0.25) is 0 Å². The fraction of sp³-hybridized carbons (Fsp3) is 0.857. The maximum absolute atomic E-state index is 11.1. The lowest BCUT2D eigenvalue weighted by atomic mass is 10.4. The van der Waals surface area contributed by atoms with Gasteiger partial charge in [-0.2, -0.15) is 0 Å². The molecule has 0 N–H and O–H groups in total. The zero-order valence-electron chi connectivity index (χ0n) is 6.45. The van der Waals surface area contributed by atoms with E-state index in [9.17, 15) is 4.79 Å². The van der Waals surface area contributed by atoms with Gasteiger partial charge < -0.3 is 4.90 Å². The molecule has 0 saturated carbocycles. The molecule has 0 radical (unpaired) electrons. The van der Waals surface area contributed by atoms with Crippen LogP contribution in [0.5, 0.6) is 0 Å². The van der Waals surface area contributed by atoms with Gasteiger partial charge in [0.1, 0.15) is 0 Å². The van der Waals surface area contributed by atoms with Gasteiger partial charge >= 0.3 is 0 Å². The first-order chi connectivity index (χ1) is 5.34. The second kappa shape index (κ2) is 4.93. The molecule has 0 atom stereocenters. The van der Waals surface area contributed by atoms with Crippen molar-refractivity contribution >= 4 is 28.4 Å². The average Bonchev–Trinajstić information content (AvgIpc) is 2.37. The topological polar surface area (TPSA) is 20.3 Å². The summed E-state index contributed by atoms with van der Waals surface area (Å²) in [4.78, 5) is 13.0. The summed E-state index contributed by atoms with van der Waals surface area (Å²) in [6, 6.07) is 0. The van der Waals surface area contributed by atoms with Gasteiger partial charge in [-0.25, -0.2) is 0 Å². The SMILES string of the molecule is O=C1CCCN1CCCSS. The quantitative estimate of drug-likeness (QED) is 0.413. The summed E-state index contributed by atoms with van der Waals surface area (Å²) < 4.78 is 0. The number of carbonyl (C=O) groups excluding carboxylic acids is 1. The first-order valence-electron chi connectivity index (χ1n) is 3.88. The molecule has 0 bridgehead atoms. The highest BCUT2D eigenvalue weighted by Crippen LogP contribution is 2.12. The van der Waals surface area contributed by atoms with E-state index in [1.165, 1.54) is 0 Å². The Morgan fingerprint density at radius 1 is 1.64 bits per heavy atom. The molecule has 2 nitrogen and oxygen atoms in total. The van der Waals surface area contributed by atoms with E-state index < -0.39 is 0 Å². The predicted octanol–water partition coefficient (Wildman–Crippen LogP) is 1.58. The molecule has 11 heavy (non-hydrogen) atoms. The van der Waals surface area contributed by atoms with Crippen LogP contribution in [0, 0.1) is 0 Å². The summed E-state index contributed by atoms with van der Waals surface area (Å²) in [5.41, 5.74) is 0. The number of hydrogen-bond acceptors (Lipinski definition) is 3. The molecule has 0 aliphatic carbocycles.